The summed E-state index contributed by atoms with van der Waals surface area (Å²) in [5.74, 6) is -0.335. The van der Waals surface area contributed by atoms with Crippen molar-refractivity contribution in [1.82, 2.24) is 0 Å². The van der Waals surface area contributed by atoms with E-state index >= 15 is 0 Å². The summed E-state index contributed by atoms with van der Waals surface area (Å²) >= 11 is 0. The fourth-order valence-corrected chi connectivity index (χ4v) is 11.5. The molecule has 4 aliphatic carbocycles. The molecule has 4 saturated heterocycles. The molecule has 7 unspecified atom stereocenters. The van der Waals surface area contributed by atoms with E-state index in [4.69, 9.17) is 28.4 Å². The second-order valence-electron chi connectivity index (χ2n) is 14.7. The lowest BCUT2D eigenvalue weighted by atomic mass is 9.41. The van der Waals surface area contributed by atoms with E-state index in [1.54, 1.807) is 0 Å². The average Bonchev–Trinajstić information content (AvgIpc) is 3.71. The molecule has 0 amide bonds. The van der Waals surface area contributed by atoms with Crippen LogP contribution >= 0.6 is 0 Å². The van der Waals surface area contributed by atoms with Gasteiger partial charge in [0.05, 0.1) is 54.6 Å². The SMILES string of the molecule is C[C@@H]1C[C@H]2OCO[C@H]2[C@H](COC2CCC3(C=O)C4CCC56CO[C@@]7(COC(=O)C7)C5CC[C@@]6(O)C4CCC3(O)C2)O1. The first kappa shape index (κ1) is 27.4. The van der Waals surface area contributed by atoms with E-state index in [9.17, 15) is 19.8 Å². The highest BCUT2D eigenvalue weighted by Crippen LogP contribution is 2.73. The molecular weight excluding hydrogens is 532 g/mol. The lowest BCUT2D eigenvalue weighted by Gasteiger charge is -2.65. The summed E-state index contributed by atoms with van der Waals surface area (Å²) in [5, 5.41) is 24.8. The van der Waals surface area contributed by atoms with Crippen LogP contribution in [-0.2, 0) is 38.0 Å². The van der Waals surface area contributed by atoms with Gasteiger partial charge in [-0.3, -0.25) is 4.79 Å². The van der Waals surface area contributed by atoms with Crippen LogP contribution in [0.15, 0.2) is 0 Å². The normalized spacial score (nSPS) is 57.4. The Labute approximate surface area is 240 Å². The van der Waals surface area contributed by atoms with Crippen molar-refractivity contribution in [3.63, 3.8) is 0 Å². The van der Waals surface area contributed by atoms with Crippen LogP contribution in [0.25, 0.3) is 0 Å². The van der Waals surface area contributed by atoms with Crippen molar-refractivity contribution in [2.45, 2.75) is 125 Å². The first-order valence-electron chi connectivity index (χ1n) is 15.9. The third-order valence-corrected chi connectivity index (χ3v) is 13.3. The van der Waals surface area contributed by atoms with E-state index in [0.29, 0.717) is 51.7 Å². The fraction of sp³-hybridized carbons (Fsp3) is 0.935. The van der Waals surface area contributed by atoms with Crippen molar-refractivity contribution in [3.8, 4) is 0 Å². The Morgan fingerprint density at radius 1 is 1.02 bits per heavy atom. The highest BCUT2D eigenvalue weighted by Gasteiger charge is 2.77. The fourth-order valence-electron chi connectivity index (χ4n) is 11.5. The van der Waals surface area contributed by atoms with Crippen LogP contribution in [0.1, 0.15) is 77.6 Å². The highest BCUT2D eigenvalue weighted by atomic mass is 16.7. The molecule has 2 spiro atoms. The van der Waals surface area contributed by atoms with Gasteiger partial charge in [-0.1, -0.05) is 0 Å². The van der Waals surface area contributed by atoms with Gasteiger partial charge in [0.15, 0.2) is 0 Å². The summed E-state index contributed by atoms with van der Waals surface area (Å²) in [7, 11) is 0. The number of fused-ring (bicyclic) bond motifs is 6. The molecule has 4 aliphatic heterocycles. The molecule has 8 rings (SSSR count). The molecular formula is C31H44O10. The lowest BCUT2D eigenvalue weighted by Crippen LogP contribution is -2.69. The molecule has 8 aliphatic rings. The number of carbonyl (C=O) groups excluding carboxylic acids is 2. The molecule has 13 atom stereocenters. The standard InChI is InChI=1S/C31H44O10/c1-18-10-22-26(39-17-38-22)23(41-18)13-36-19-2-6-27(14-32)20-3-7-28-15-40-29(12-25(33)37-16-29)24(28)5-9-31(28,35)21(20)4-8-30(27,34)11-19/h14,18-24,26,34-35H,2-13,15-17H2,1H3/t18-,19?,20?,21?,22-,23+,24?,26-,27?,28?,29+,30?,31-/m1/s1. The molecule has 4 saturated carbocycles. The zero-order valence-corrected chi connectivity index (χ0v) is 24.0. The van der Waals surface area contributed by atoms with Crippen LogP contribution in [0.4, 0.5) is 0 Å². The Morgan fingerprint density at radius 2 is 1.88 bits per heavy atom. The Balaban J connectivity index is 1.00. The number of esters is 1. The molecule has 228 valence electrons. The van der Waals surface area contributed by atoms with Crippen molar-refractivity contribution < 1.29 is 48.2 Å². The lowest BCUT2D eigenvalue weighted by molar-refractivity contribution is -0.254. The number of hydrogen-bond acceptors (Lipinski definition) is 10. The molecule has 41 heavy (non-hydrogen) atoms. The van der Waals surface area contributed by atoms with E-state index in [2.05, 4.69) is 0 Å². The van der Waals surface area contributed by atoms with Crippen LogP contribution in [0.5, 0.6) is 0 Å². The number of aliphatic hydroxyl groups is 2. The third kappa shape index (κ3) is 3.56. The number of rotatable bonds is 4. The molecule has 10 nitrogen and oxygen atoms in total. The largest absolute Gasteiger partial charge is 0.462 e. The Morgan fingerprint density at radius 3 is 2.68 bits per heavy atom. The summed E-state index contributed by atoms with van der Waals surface area (Å²) in [6.45, 7) is 3.39. The van der Waals surface area contributed by atoms with Gasteiger partial charge in [0.25, 0.3) is 0 Å². The summed E-state index contributed by atoms with van der Waals surface area (Å²) in [4.78, 5) is 25.2. The molecule has 0 aromatic rings. The van der Waals surface area contributed by atoms with Crippen molar-refractivity contribution in [1.29, 1.82) is 0 Å². The van der Waals surface area contributed by atoms with Gasteiger partial charge in [-0.15, -0.1) is 0 Å². The maximum absolute atomic E-state index is 13.1. The Kier molecular flexibility index (Phi) is 6.14. The van der Waals surface area contributed by atoms with Gasteiger partial charge in [0.2, 0.25) is 0 Å². The minimum atomic E-state index is -1.17. The van der Waals surface area contributed by atoms with Gasteiger partial charge in [-0.05, 0) is 70.1 Å². The second kappa shape index (κ2) is 9.19. The molecule has 0 radical (unpaired) electrons. The molecule has 4 heterocycles. The summed E-state index contributed by atoms with van der Waals surface area (Å²) in [6.07, 6.45) is 7.34. The van der Waals surface area contributed by atoms with Gasteiger partial charge >= 0.3 is 5.97 Å². The van der Waals surface area contributed by atoms with Crippen LogP contribution in [-0.4, -0.2) is 96.4 Å². The second-order valence-corrected chi connectivity index (χ2v) is 14.7. The van der Waals surface area contributed by atoms with E-state index in [1.165, 1.54) is 0 Å². The highest BCUT2D eigenvalue weighted by molar-refractivity contribution is 5.73. The van der Waals surface area contributed by atoms with Crippen molar-refractivity contribution in [2.24, 2.45) is 28.6 Å². The van der Waals surface area contributed by atoms with Gasteiger partial charge in [-0.25, -0.2) is 0 Å². The minimum Gasteiger partial charge on any atom is -0.462 e. The predicted molar refractivity (Wildman–Crippen MR) is 140 cm³/mol. The van der Waals surface area contributed by atoms with Crippen molar-refractivity contribution in [2.75, 3.05) is 26.6 Å². The number of aldehydes is 1. The molecule has 2 N–H and O–H groups in total. The summed E-state index contributed by atoms with van der Waals surface area (Å²) in [5.41, 5.74) is -4.11. The smallest absolute Gasteiger partial charge is 0.308 e. The van der Waals surface area contributed by atoms with Crippen LogP contribution in [0.2, 0.25) is 0 Å². The summed E-state index contributed by atoms with van der Waals surface area (Å²) in [6, 6.07) is 0. The number of hydrogen-bond donors (Lipinski definition) is 2. The predicted octanol–water partition coefficient (Wildman–Crippen LogP) is 2.05. The van der Waals surface area contributed by atoms with Crippen LogP contribution in [0, 0.1) is 28.6 Å². The van der Waals surface area contributed by atoms with Crippen molar-refractivity contribution >= 4 is 12.3 Å². The number of cyclic esters (lactones) is 1. The van der Waals surface area contributed by atoms with Crippen molar-refractivity contribution in [3.05, 3.63) is 0 Å². The number of carbonyl (C=O) groups is 2. The maximum atomic E-state index is 13.1. The van der Waals surface area contributed by atoms with Gasteiger partial charge < -0.3 is 43.4 Å². The van der Waals surface area contributed by atoms with E-state index in [0.717, 1.165) is 32.0 Å². The zero-order valence-electron chi connectivity index (χ0n) is 24.0. The third-order valence-electron chi connectivity index (χ3n) is 13.3. The first-order valence-corrected chi connectivity index (χ1v) is 15.9. The van der Waals surface area contributed by atoms with Gasteiger partial charge in [0, 0.05) is 24.2 Å². The minimum absolute atomic E-state index is 0.0262. The average molecular weight is 577 g/mol. The van der Waals surface area contributed by atoms with Gasteiger partial charge in [0.1, 0.15) is 37.5 Å². The van der Waals surface area contributed by atoms with Crippen LogP contribution < -0.4 is 0 Å². The molecule has 0 aromatic carbocycles. The molecule has 8 fully saturated rings. The molecule has 0 aromatic heterocycles. The zero-order chi connectivity index (χ0) is 28.3. The summed E-state index contributed by atoms with van der Waals surface area (Å²) < 4.78 is 35.8. The maximum Gasteiger partial charge on any atom is 0.308 e. The van der Waals surface area contributed by atoms with E-state index < -0.39 is 27.6 Å². The first-order chi connectivity index (χ1) is 19.7. The topological polar surface area (TPSA) is 130 Å². The quantitative estimate of drug-likeness (QED) is 0.379. The monoisotopic (exact) mass is 576 g/mol. The Hall–Kier alpha value is -1.14. The molecule has 10 heteroatoms. The molecule has 0 bridgehead atoms. The van der Waals surface area contributed by atoms with Gasteiger partial charge in [-0.2, -0.15) is 0 Å². The van der Waals surface area contributed by atoms with E-state index in [-0.39, 0.29) is 74.1 Å². The number of ether oxygens (including phenoxy) is 6. The van der Waals surface area contributed by atoms with Crippen LogP contribution in [0.3, 0.4) is 0 Å². The Bertz CT molecular complexity index is 1100. The van der Waals surface area contributed by atoms with E-state index in [1.807, 2.05) is 6.92 Å².